The van der Waals surface area contributed by atoms with E-state index in [-0.39, 0.29) is 0 Å². The normalized spacial score (nSPS) is 15.5. The largest absolute Gasteiger partial charge is 0.497 e. The predicted octanol–water partition coefficient (Wildman–Crippen LogP) is 6.83. The third kappa shape index (κ3) is 8.58. The Kier molecular flexibility index (Phi) is 10.8. The zero-order valence-electron chi connectivity index (χ0n) is 17.3. The summed E-state index contributed by atoms with van der Waals surface area (Å²) < 4.78 is 5.30. The van der Waals surface area contributed by atoms with Crippen LogP contribution >= 0.6 is 0 Å². The first-order valence-electron chi connectivity index (χ1n) is 11.2. The van der Waals surface area contributed by atoms with E-state index in [0.717, 1.165) is 18.2 Å². The monoisotopic (exact) mass is 359 g/mol. The number of hydrogen-bond acceptors (Lipinski definition) is 2. The third-order valence-corrected chi connectivity index (χ3v) is 5.88. The number of benzene rings is 1. The Labute approximate surface area is 162 Å². The van der Waals surface area contributed by atoms with E-state index in [0.29, 0.717) is 0 Å². The van der Waals surface area contributed by atoms with E-state index in [1.807, 2.05) is 0 Å². The molecular weight excluding hydrogens is 318 g/mol. The minimum absolute atomic E-state index is 0.923. The Bertz CT molecular complexity index is 450. The van der Waals surface area contributed by atoms with E-state index in [2.05, 4.69) is 36.1 Å². The highest BCUT2D eigenvalue weighted by Gasteiger charge is 2.17. The summed E-state index contributed by atoms with van der Waals surface area (Å²) in [6, 6.07) is 8.67. The van der Waals surface area contributed by atoms with Gasteiger partial charge in [0.1, 0.15) is 5.75 Å². The highest BCUT2D eigenvalue weighted by atomic mass is 16.5. The Morgan fingerprint density at radius 1 is 0.885 bits per heavy atom. The zero-order valence-corrected chi connectivity index (χ0v) is 17.3. The fraction of sp³-hybridized carbons (Fsp3) is 0.750. The summed E-state index contributed by atoms with van der Waals surface area (Å²) in [4.78, 5) is 2.73. The van der Waals surface area contributed by atoms with Crippen LogP contribution in [0.3, 0.4) is 0 Å². The van der Waals surface area contributed by atoms with E-state index >= 15 is 0 Å². The second-order valence-electron chi connectivity index (χ2n) is 8.21. The number of ether oxygens (including phenoxy) is 1. The van der Waals surface area contributed by atoms with Crippen LogP contribution in [0.15, 0.2) is 24.3 Å². The molecule has 0 spiro atoms. The van der Waals surface area contributed by atoms with Gasteiger partial charge in [-0.3, -0.25) is 4.90 Å². The van der Waals surface area contributed by atoms with Gasteiger partial charge in [-0.2, -0.15) is 0 Å². The average molecular weight is 360 g/mol. The molecule has 0 saturated heterocycles. The molecule has 1 aromatic rings. The van der Waals surface area contributed by atoms with Gasteiger partial charge < -0.3 is 4.74 Å². The molecule has 0 bridgehead atoms. The lowest BCUT2D eigenvalue weighted by atomic mass is 9.89. The molecule has 0 aliphatic heterocycles. The molecule has 1 aliphatic rings. The Hall–Kier alpha value is -1.02. The lowest BCUT2D eigenvalue weighted by Gasteiger charge is -2.30. The molecule has 2 heteroatoms. The van der Waals surface area contributed by atoms with Gasteiger partial charge in [-0.1, -0.05) is 76.8 Å². The molecule has 1 aromatic carbocycles. The minimum Gasteiger partial charge on any atom is -0.497 e. The van der Waals surface area contributed by atoms with Crippen LogP contribution in [0, 0.1) is 5.92 Å². The van der Waals surface area contributed by atoms with Crippen LogP contribution in [0.2, 0.25) is 0 Å². The van der Waals surface area contributed by atoms with Crippen molar-refractivity contribution in [3.63, 3.8) is 0 Å². The summed E-state index contributed by atoms with van der Waals surface area (Å²) in [6.07, 6.45) is 17.0. The SMILES string of the molecule is CCCCCCCCCN(Cc1ccc(OC)cc1)CC1CCCCC1. The molecule has 26 heavy (non-hydrogen) atoms. The van der Waals surface area contributed by atoms with Gasteiger partial charge in [-0.15, -0.1) is 0 Å². The summed E-state index contributed by atoms with van der Waals surface area (Å²) in [6.45, 7) is 5.94. The van der Waals surface area contributed by atoms with Crippen LogP contribution in [0.1, 0.15) is 89.5 Å². The Morgan fingerprint density at radius 2 is 1.54 bits per heavy atom. The fourth-order valence-electron chi connectivity index (χ4n) is 4.25. The van der Waals surface area contributed by atoms with Crippen LogP contribution in [0.25, 0.3) is 0 Å². The smallest absolute Gasteiger partial charge is 0.118 e. The number of nitrogens with zero attached hydrogens (tertiary/aromatic N) is 1. The minimum atomic E-state index is 0.923. The Morgan fingerprint density at radius 3 is 2.19 bits per heavy atom. The van der Waals surface area contributed by atoms with Crippen molar-refractivity contribution in [2.45, 2.75) is 90.5 Å². The quantitative estimate of drug-likeness (QED) is 0.358. The molecule has 1 fully saturated rings. The highest BCUT2D eigenvalue weighted by molar-refractivity contribution is 5.27. The summed E-state index contributed by atoms with van der Waals surface area (Å²) in [5.74, 6) is 1.88. The summed E-state index contributed by atoms with van der Waals surface area (Å²) in [7, 11) is 1.74. The first-order valence-corrected chi connectivity index (χ1v) is 11.2. The summed E-state index contributed by atoms with van der Waals surface area (Å²) in [5, 5.41) is 0. The van der Waals surface area contributed by atoms with Gasteiger partial charge >= 0.3 is 0 Å². The van der Waals surface area contributed by atoms with E-state index in [1.165, 1.54) is 95.7 Å². The molecule has 0 amide bonds. The fourth-order valence-corrected chi connectivity index (χ4v) is 4.25. The van der Waals surface area contributed by atoms with Crippen molar-refractivity contribution in [2.75, 3.05) is 20.2 Å². The standard InChI is InChI=1S/C24H41NO/c1-3-4-5-6-7-8-12-19-25(20-22-13-10-9-11-14-22)21-23-15-17-24(26-2)18-16-23/h15-18,22H,3-14,19-21H2,1-2H3. The molecule has 0 N–H and O–H groups in total. The molecular formula is C24H41NO. The van der Waals surface area contributed by atoms with Crippen molar-refractivity contribution in [1.82, 2.24) is 4.90 Å². The molecule has 0 heterocycles. The first-order chi connectivity index (χ1) is 12.8. The molecule has 1 aliphatic carbocycles. The van der Waals surface area contributed by atoms with Gasteiger partial charge in [0.05, 0.1) is 7.11 Å². The van der Waals surface area contributed by atoms with E-state index in [9.17, 15) is 0 Å². The van der Waals surface area contributed by atoms with E-state index in [1.54, 1.807) is 7.11 Å². The van der Waals surface area contributed by atoms with Crippen LogP contribution in [-0.2, 0) is 6.54 Å². The maximum atomic E-state index is 5.30. The number of unbranched alkanes of at least 4 members (excludes halogenated alkanes) is 6. The predicted molar refractivity (Wildman–Crippen MR) is 113 cm³/mol. The van der Waals surface area contributed by atoms with Crippen molar-refractivity contribution in [3.05, 3.63) is 29.8 Å². The highest BCUT2D eigenvalue weighted by Crippen LogP contribution is 2.25. The van der Waals surface area contributed by atoms with Crippen molar-refractivity contribution >= 4 is 0 Å². The lowest BCUT2D eigenvalue weighted by molar-refractivity contribution is 0.190. The molecule has 2 rings (SSSR count). The van der Waals surface area contributed by atoms with Gasteiger partial charge in [-0.05, 0) is 49.4 Å². The molecule has 148 valence electrons. The van der Waals surface area contributed by atoms with Crippen molar-refractivity contribution in [3.8, 4) is 5.75 Å². The molecule has 0 aromatic heterocycles. The van der Waals surface area contributed by atoms with Gasteiger partial charge in [0.2, 0.25) is 0 Å². The van der Waals surface area contributed by atoms with Gasteiger partial charge in [0, 0.05) is 13.1 Å². The second-order valence-corrected chi connectivity index (χ2v) is 8.21. The third-order valence-electron chi connectivity index (χ3n) is 5.88. The van der Waals surface area contributed by atoms with Crippen molar-refractivity contribution < 1.29 is 4.74 Å². The molecule has 0 unspecified atom stereocenters. The van der Waals surface area contributed by atoms with Crippen molar-refractivity contribution in [1.29, 1.82) is 0 Å². The van der Waals surface area contributed by atoms with Crippen LogP contribution in [0.5, 0.6) is 5.75 Å². The molecule has 1 saturated carbocycles. The summed E-state index contributed by atoms with van der Waals surface area (Å²) >= 11 is 0. The van der Waals surface area contributed by atoms with Crippen LogP contribution in [-0.4, -0.2) is 25.1 Å². The second kappa shape index (κ2) is 13.2. The van der Waals surface area contributed by atoms with E-state index in [4.69, 9.17) is 4.74 Å². The maximum absolute atomic E-state index is 5.30. The zero-order chi connectivity index (χ0) is 18.5. The summed E-state index contributed by atoms with van der Waals surface area (Å²) in [5.41, 5.74) is 1.42. The average Bonchev–Trinajstić information content (AvgIpc) is 2.68. The van der Waals surface area contributed by atoms with Crippen molar-refractivity contribution in [2.24, 2.45) is 5.92 Å². The van der Waals surface area contributed by atoms with Gasteiger partial charge in [-0.25, -0.2) is 0 Å². The van der Waals surface area contributed by atoms with Crippen LogP contribution in [0.4, 0.5) is 0 Å². The number of methoxy groups -OCH3 is 1. The van der Waals surface area contributed by atoms with Crippen LogP contribution < -0.4 is 4.74 Å². The molecule has 0 atom stereocenters. The molecule has 0 radical (unpaired) electrons. The number of hydrogen-bond donors (Lipinski definition) is 0. The van der Waals surface area contributed by atoms with Gasteiger partial charge in [0.25, 0.3) is 0 Å². The number of rotatable bonds is 13. The van der Waals surface area contributed by atoms with Gasteiger partial charge in [0.15, 0.2) is 0 Å². The first kappa shape index (κ1) is 21.3. The lowest BCUT2D eigenvalue weighted by Crippen LogP contribution is -2.31. The molecule has 2 nitrogen and oxygen atoms in total. The topological polar surface area (TPSA) is 12.5 Å². The Balaban J connectivity index is 1.77. The van der Waals surface area contributed by atoms with E-state index < -0.39 is 0 Å². The maximum Gasteiger partial charge on any atom is 0.118 e.